The van der Waals surface area contributed by atoms with Crippen LogP contribution in [0, 0.1) is 0 Å². The van der Waals surface area contributed by atoms with Gasteiger partial charge in [0.25, 0.3) is 0 Å². The monoisotopic (exact) mass is 932 g/mol. The molecule has 0 N–H and O–H groups in total. The van der Waals surface area contributed by atoms with Crippen molar-refractivity contribution in [2.75, 3.05) is 32.7 Å². The van der Waals surface area contributed by atoms with Crippen LogP contribution in [0.3, 0.4) is 0 Å². The number of rotatable bonds is 12. The fourth-order valence-corrected chi connectivity index (χ4v) is 21.0. The molecule has 10 rings (SSSR count). The third-order valence-electron chi connectivity index (χ3n) is 12.8. The van der Waals surface area contributed by atoms with Crippen LogP contribution in [0.15, 0.2) is 158 Å². The van der Waals surface area contributed by atoms with E-state index in [1.165, 1.54) is 103 Å². The van der Waals surface area contributed by atoms with E-state index in [1.807, 2.05) is 0 Å². The average molecular weight is 932 g/mol. The number of fused-ring (bicyclic) bond motifs is 6. The van der Waals surface area contributed by atoms with Crippen molar-refractivity contribution in [1.29, 1.82) is 0 Å². The van der Waals surface area contributed by atoms with Gasteiger partial charge < -0.3 is 0 Å². The molecule has 2 heterocycles. The standard InChI is InChI=1S/2C26H25N2.Hg/c2*1-2-3-16-27-19-28(26-15-9-8-14-25(26)27)18-24-22-12-6-4-10-20(22)17-21-11-5-7-13-23(21)24;/h2*4-15,17,19H,2-3,16,18H2,1H3;. The molecule has 0 fully saturated rings. The van der Waals surface area contributed by atoms with E-state index in [2.05, 4.69) is 191 Å². The molecule has 5 heteroatoms. The third-order valence-corrected chi connectivity index (χ3v) is 22.9. The number of benzene rings is 8. The average Bonchev–Trinajstić information content (AvgIpc) is 3.71. The molecule has 4 nitrogen and oxygen atoms in total. The minimum absolute atomic E-state index is 0.391. The second kappa shape index (κ2) is 15.7. The molecule has 8 aromatic rings. The summed E-state index contributed by atoms with van der Waals surface area (Å²) >= 11 is -2.09. The van der Waals surface area contributed by atoms with Gasteiger partial charge in [0.2, 0.25) is 0 Å². The van der Waals surface area contributed by atoms with Crippen LogP contribution in [0.4, 0.5) is 22.7 Å². The first-order valence-electron chi connectivity index (χ1n) is 21.2. The second-order valence-electron chi connectivity index (χ2n) is 16.1. The summed E-state index contributed by atoms with van der Waals surface area (Å²) in [4.78, 5) is 11.5. The fraction of sp³-hybridized carbons (Fsp3) is 0.231. The topological polar surface area (TPSA) is 13.0 Å². The number of hydrogen-bond acceptors (Lipinski definition) is 4. The summed E-state index contributed by atoms with van der Waals surface area (Å²) in [5.41, 5.74) is 8.54. The Morgan fingerprint density at radius 1 is 0.386 bits per heavy atom. The molecule has 57 heavy (non-hydrogen) atoms. The van der Waals surface area contributed by atoms with Crippen LogP contribution in [0.25, 0.3) is 43.1 Å². The first-order valence-corrected chi connectivity index (χ1v) is 27.6. The van der Waals surface area contributed by atoms with Gasteiger partial charge in [0.05, 0.1) is 0 Å². The Kier molecular flexibility index (Phi) is 10.00. The SMILES string of the molecule is CCCCN1c2ccccc2N(Cc2c3ccccc3cc3ccccc23)[CH]1[Hg][CH]1N(CCCC)c2ccccc2N1Cc1c2ccccc2cc2ccccc12. The van der Waals surface area contributed by atoms with Crippen molar-refractivity contribution in [2.24, 2.45) is 0 Å². The van der Waals surface area contributed by atoms with Crippen LogP contribution in [0.2, 0.25) is 0 Å². The molecule has 0 spiro atoms. The normalized spacial score (nSPS) is 16.2. The predicted octanol–water partition coefficient (Wildman–Crippen LogP) is 12.9. The first kappa shape index (κ1) is 36.3. The molecule has 280 valence electrons. The zero-order chi connectivity index (χ0) is 38.3. The third kappa shape index (κ3) is 6.50. The Hall–Kier alpha value is -5.06. The molecule has 2 atom stereocenters. The summed E-state index contributed by atoms with van der Waals surface area (Å²) in [6, 6.07) is 59.7. The van der Waals surface area contributed by atoms with E-state index in [0.29, 0.717) is 7.35 Å². The molecule has 0 radical (unpaired) electrons. The number of unbranched alkanes of at least 4 members (excludes halogenated alkanes) is 2. The van der Waals surface area contributed by atoms with Gasteiger partial charge in [-0.1, -0.05) is 0 Å². The second-order valence-corrected chi connectivity index (χ2v) is 23.6. The van der Waals surface area contributed by atoms with Gasteiger partial charge in [-0.2, -0.15) is 0 Å². The van der Waals surface area contributed by atoms with Gasteiger partial charge in [-0.25, -0.2) is 0 Å². The molecule has 0 saturated heterocycles. The van der Waals surface area contributed by atoms with Crippen molar-refractivity contribution < 1.29 is 24.6 Å². The minimum atomic E-state index is -2.09. The molecular formula is C52H50HgN4. The van der Waals surface area contributed by atoms with Crippen LogP contribution < -0.4 is 19.6 Å². The fourth-order valence-electron chi connectivity index (χ4n) is 10.1. The molecule has 8 aromatic carbocycles. The van der Waals surface area contributed by atoms with Crippen LogP contribution in [-0.4, -0.2) is 20.4 Å². The number of nitrogens with zero attached hydrogens (tertiary/aromatic N) is 4. The Bertz CT molecular complexity index is 2430. The van der Waals surface area contributed by atoms with E-state index in [4.69, 9.17) is 0 Å². The molecule has 0 aromatic heterocycles. The van der Waals surface area contributed by atoms with E-state index in [9.17, 15) is 0 Å². The number of anilines is 4. The summed E-state index contributed by atoms with van der Waals surface area (Å²) in [5.74, 6) is 0. The van der Waals surface area contributed by atoms with Crippen LogP contribution in [-0.2, 0) is 37.7 Å². The molecule has 2 aliphatic heterocycles. The van der Waals surface area contributed by atoms with Gasteiger partial charge in [-0.3, -0.25) is 0 Å². The van der Waals surface area contributed by atoms with Gasteiger partial charge in [-0.05, 0) is 0 Å². The number of para-hydroxylation sites is 4. The summed E-state index contributed by atoms with van der Waals surface area (Å²) in [5, 5.41) is 10.8. The maximum absolute atomic E-state index is 2.87. The number of hydrogen-bond donors (Lipinski definition) is 0. The molecule has 0 aliphatic carbocycles. The van der Waals surface area contributed by atoms with Gasteiger partial charge in [0.15, 0.2) is 0 Å². The molecular weight excluding hydrogens is 881 g/mol. The summed E-state index contributed by atoms with van der Waals surface area (Å²) in [6.45, 7) is 8.67. The van der Waals surface area contributed by atoms with Gasteiger partial charge in [-0.15, -0.1) is 0 Å². The molecule has 0 saturated carbocycles. The quantitative estimate of drug-likeness (QED) is 0.0894. The molecule has 2 aliphatic rings. The van der Waals surface area contributed by atoms with E-state index >= 15 is 0 Å². The van der Waals surface area contributed by atoms with Crippen molar-refractivity contribution in [2.45, 2.75) is 60.0 Å². The summed E-state index contributed by atoms with van der Waals surface area (Å²) in [7, 11) is 0. The van der Waals surface area contributed by atoms with E-state index in [1.54, 1.807) is 0 Å². The molecule has 2 unspecified atom stereocenters. The van der Waals surface area contributed by atoms with Crippen LogP contribution in [0.1, 0.15) is 50.7 Å². The van der Waals surface area contributed by atoms with E-state index in [-0.39, 0.29) is 0 Å². The van der Waals surface area contributed by atoms with Crippen molar-refractivity contribution in [3.8, 4) is 0 Å². The zero-order valence-corrected chi connectivity index (χ0v) is 38.8. The maximum atomic E-state index is 2.87. The van der Waals surface area contributed by atoms with Gasteiger partial charge >= 0.3 is 352 Å². The Balaban J connectivity index is 1.13. The Morgan fingerprint density at radius 2 is 0.684 bits per heavy atom. The van der Waals surface area contributed by atoms with Crippen molar-refractivity contribution >= 4 is 65.8 Å². The van der Waals surface area contributed by atoms with Gasteiger partial charge in [0.1, 0.15) is 0 Å². The summed E-state index contributed by atoms with van der Waals surface area (Å²) in [6.07, 6.45) is 4.77. The molecule has 0 amide bonds. The van der Waals surface area contributed by atoms with E-state index in [0.717, 1.165) is 26.2 Å². The van der Waals surface area contributed by atoms with E-state index < -0.39 is 24.6 Å². The van der Waals surface area contributed by atoms with Crippen molar-refractivity contribution in [3.63, 3.8) is 0 Å². The predicted molar refractivity (Wildman–Crippen MR) is 240 cm³/mol. The Morgan fingerprint density at radius 3 is 1.02 bits per heavy atom. The Labute approximate surface area is 349 Å². The van der Waals surface area contributed by atoms with Crippen LogP contribution in [0.5, 0.6) is 0 Å². The van der Waals surface area contributed by atoms with Gasteiger partial charge in [0, 0.05) is 0 Å². The molecule has 0 bridgehead atoms. The zero-order valence-electron chi connectivity index (χ0n) is 33.3. The van der Waals surface area contributed by atoms with Crippen LogP contribution >= 0.6 is 0 Å². The van der Waals surface area contributed by atoms with Crippen molar-refractivity contribution in [1.82, 2.24) is 0 Å². The summed E-state index contributed by atoms with van der Waals surface area (Å²) < 4.78 is 0.781. The van der Waals surface area contributed by atoms with Crippen molar-refractivity contribution in [3.05, 3.63) is 169 Å². The first-order chi connectivity index (χ1) is 28.2.